The maximum absolute atomic E-state index is 9.93. The van der Waals surface area contributed by atoms with E-state index >= 15 is 0 Å². The van der Waals surface area contributed by atoms with Gasteiger partial charge in [-0.3, -0.25) is 4.98 Å². The quantitative estimate of drug-likeness (QED) is 0.697. The molecule has 0 unspecified atom stereocenters. The lowest BCUT2D eigenvalue weighted by Crippen LogP contribution is -2.24. The van der Waals surface area contributed by atoms with Crippen LogP contribution in [-0.4, -0.2) is 29.3 Å². The minimum absolute atomic E-state index is 0.0329. The van der Waals surface area contributed by atoms with Crippen molar-refractivity contribution >= 4 is 5.69 Å². The summed E-state index contributed by atoms with van der Waals surface area (Å²) in [7, 11) is 0. The number of hydrogen-bond donors (Lipinski definition) is 1. The third kappa shape index (κ3) is 4.08. The monoisotopic (exact) mass is 374 g/mol. The van der Waals surface area contributed by atoms with Crippen molar-refractivity contribution in [2.24, 2.45) is 0 Å². The number of pyridine rings is 1. The van der Waals surface area contributed by atoms with Crippen molar-refractivity contribution in [2.75, 3.05) is 18.0 Å². The van der Waals surface area contributed by atoms with E-state index in [4.69, 9.17) is 4.74 Å². The fraction of sp³-hybridized carbons (Fsp3) is 0.292. The second kappa shape index (κ2) is 8.55. The van der Waals surface area contributed by atoms with Crippen LogP contribution >= 0.6 is 0 Å². The van der Waals surface area contributed by atoms with Crippen LogP contribution in [0.25, 0.3) is 11.1 Å². The van der Waals surface area contributed by atoms with Crippen LogP contribution in [0, 0.1) is 6.92 Å². The van der Waals surface area contributed by atoms with E-state index in [0.29, 0.717) is 6.61 Å². The third-order valence-corrected chi connectivity index (χ3v) is 5.42. The van der Waals surface area contributed by atoms with Crippen LogP contribution < -0.4 is 4.90 Å². The van der Waals surface area contributed by atoms with Gasteiger partial charge in [0, 0.05) is 30.5 Å². The summed E-state index contributed by atoms with van der Waals surface area (Å²) in [6.07, 6.45) is 2.98. The summed E-state index contributed by atoms with van der Waals surface area (Å²) in [5, 5.41) is 9.93. The molecule has 0 aliphatic carbocycles. The highest BCUT2D eigenvalue weighted by atomic mass is 16.5. The number of anilines is 1. The molecule has 1 saturated heterocycles. The molecule has 0 saturated carbocycles. The number of hydrogen-bond acceptors (Lipinski definition) is 4. The van der Waals surface area contributed by atoms with Crippen LogP contribution in [0.2, 0.25) is 0 Å². The molecule has 4 rings (SSSR count). The van der Waals surface area contributed by atoms with Crippen molar-refractivity contribution in [1.29, 1.82) is 0 Å². The van der Waals surface area contributed by atoms with Crippen molar-refractivity contribution in [3.05, 3.63) is 83.7 Å². The van der Waals surface area contributed by atoms with Gasteiger partial charge in [-0.15, -0.1) is 0 Å². The first-order chi connectivity index (χ1) is 13.7. The summed E-state index contributed by atoms with van der Waals surface area (Å²) in [6, 6.07) is 20.6. The van der Waals surface area contributed by atoms with E-state index in [1.807, 2.05) is 30.5 Å². The molecule has 0 bridgehead atoms. The Balaban J connectivity index is 1.44. The fourth-order valence-electron chi connectivity index (χ4n) is 3.78. The Hall–Kier alpha value is -2.69. The minimum Gasteiger partial charge on any atom is -0.392 e. The van der Waals surface area contributed by atoms with E-state index in [2.05, 4.69) is 53.2 Å². The molecule has 0 spiro atoms. The van der Waals surface area contributed by atoms with E-state index < -0.39 is 0 Å². The van der Waals surface area contributed by atoms with Gasteiger partial charge >= 0.3 is 0 Å². The van der Waals surface area contributed by atoms with Gasteiger partial charge in [0.25, 0.3) is 0 Å². The molecular formula is C24H26N2O2. The Labute approximate surface area is 166 Å². The predicted molar refractivity (Wildman–Crippen MR) is 112 cm³/mol. The SMILES string of the molecule is Cc1cccnc1CO[C@H]1CCN(c2ccc(-c3ccccc3)cc2CO)C1. The fourth-order valence-corrected chi connectivity index (χ4v) is 3.78. The molecule has 0 amide bonds. The number of ether oxygens (including phenoxy) is 1. The average Bonchev–Trinajstić information content (AvgIpc) is 3.22. The van der Waals surface area contributed by atoms with Crippen LogP contribution in [0.4, 0.5) is 5.69 Å². The van der Waals surface area contributed by atoms with Crippen molar-refractivity contribution in [3.63, 3.8) is 0 Å². The average molecular weight is 374 g/mol. The van der Waals surface area contributed by atoms with E-state index in [1.54, 1.807) is 0 Å². The zero-order valence-electron chi connectivity index (χ0n) is 16.2. The Morgan fingerprint density at radius 1 is 1.07 bits per heavy atom. The van der Waals surface area contributed by atoms with Gasteiger partial charge in [0.2, 0.25) is 0 Å². The number of nitrogens with zero attached hydrogens (tertiary/aromatic N) is 2. The number of aryl methyl sites for hydroxylation is 1. The molecule has 1 aliphatic heterocycles. The number of aromatic nitrogens is 1. The third-order valence-electron chi connectivity index (χ3n) is 5.42. The molecule has 28 heavy (non-hydrogen) atoms. The Morgan fingerprint density at radius 2 is 1.93 bits per heavy atom. The van der Waals surface area contributed by atoms with Gasteiger partial charge < -0.3 is 14.7 Å². The van der Waals surface area contributed by atoms with Crippen LogP contribution in [0.1, 0.15) is 23.2 Å². The Morgan fingerprint density at radius 3 is 2.71 bits per heavy atom. The van der Waals surface area contributed by atoms with Gasteiger partial charge in [-0.25, -0.2) is 0 Å². The van der Waals surface area contributed by atoms with E-state index in [9.17, 15) is 5.11 Å². The van der Waals surface area contributed by atoms with Gasteiger partial charge in [-0.1, -0.05) is 42.5 Å². The van der Waals surface area contributed by atoms with Crippen LogP contribution in [-0.2, 0) is 18.0 Å². The standard InChI is InChI=1S/C24H26N2O2/c1-18-6-5-12-25-23(18)17-28-22-11-13-26(15-22)24-10-9-20(14-21(24)16-27)19-7-3-2-4-8-19/h2-10,12,14,22,27H,11,13,15-17H2,1H3/t22-/m0/s1. The van der Waals surface area contributed by atoms with Crippen molar-refractivity contribution in [1.82, 2.24) is 4.98 Å². The lowest BCUT2D eigenvalue weighted by Gasteiger charge is -2.22. The summed E-state index contributed by atoms with van der Waals surface area (Å²) >= 11 is 0. The minimum atomic E-state index is 0.0329. The molecule has 1 aliphatic rings. The number of aliphatic hydroxyl groups is 1. The zero-order valence-corrected chi connectivity index (χ0v) is 16.2. The van der Waals surface area contributed by atoms with E-state index in [1.165, 1.54) is 0 Å². The molecule has 1 atom stereocenters. The topological polar surface area (TPSA) is 45.6 Å². The molecule has 0 radical (unpaired) electrons. The van der Waals surface area contributed by atoms with Gasteiger partial charge in [0.1, 0.15) is 0 Å². The molecule has 144 valence electrons. The van der Waals surface area contributed by atoms with Crippen LogP contribution in [0.3, 0.4) is 0 Å². The maximum Gasteiger partial charge on any atom is 0.0895 e. The Kier molecular flexibility index (Phi) is 5.70. The lowest BCUT2D eigenvalue weighted by molar-refractivity contribution is 0.0530. The van der Waals surface area contributed by atoms with Gasteiger partial charge in [-0.2, -0.15) is 0 Å². The van der Waals surface area contributed by atoms with Gasteiger partial charge in [0.15, 0.2) is 0 Å². The number of aliphatic hydroxyl groups excluding tert-OH is 1. The molecule has 2 heterocycles. The van der Waals surface area contributed by atoms with Crippen LogP contribution in [0.5, 0.6) is 0 Å². The predicted octanol–water partition coefficient (Wildman–Crippen LogP) is 4.34. The van der Waals surface area contributed by atoms with Crippen molar-refractivity contribution in [2.45, 2.75) is 32.7 Å². The molecule has 4 heteroatoms. The van der Waals surface area contributed by atoms with Gasteiger partial charge in [-0.05, 0) is 48.2 Å². The highest BCUT2D eigenvalue weighted by Gasteiger charge is 2.25. The largest absolute Gasteiger partial charge is 0.392 e. The normalized spacial score (nSPS) is 16.5. The second-order valence-electron chi connectivity index (χ2n) is 7.30. The molecule has 1 N–H and O–H groups in total. The highest BCUT2D eigenvalue weighted by Crippen LogP contribution is 2.30. The first kappa shape index (κ1) is 18.7. The summed E-state index contributed by atoms with van der Waals surface area (Å²) < 4.78 is 6.12. The number of benzene rings is 2. The van der Waals surface area contributed by atoms with Gasteiger partial charge in [0.05, 0.1) is 25.0 Å². The lowest BCUT2D eigenvalue weighted by atomic mass is 10.0. The van der Waals surface area contributed by atoms with Crippen LogP contribution in [0.15, 0.2) is 66.9 Å². The molecule has 4 nitrogen and oxygen atoms in total. The molecular weight excluding hydrogens is 348 g/mol. The first-order valence-corrected chi connectivity index (χ1v) is 9.81. The maximum atomic E-state index is 9.93. The van der Waals surface area contributed by atoms with Crippen molar-refractivity contribution in [3.8, 4) is 11.1 Å². The molecule has 1 fully saturated rings. The van der Waals surface area contributed by atoms with Crippen molar-refractivity contribution < 1.29 is 9.84 Å². The molecule has 1 aromatic heterocycles. The summed E-state index contributed by atoms with van der Waals surface area (Å²) in [4.78, 5) is 6.73. The molecule has 2 aromatic carbocycles. The zero-order chi connectivity index (χ0) is 19.3. The van der Waals surface area contributed by atoms with E-state index in [0.717, 1.165) is 53.1 Å². The Bertz CT molecular complexity index is 927. The first-order valence-electron chi connectivity index (χ1n) is 9.81. The summed E-state index contributed by atoms with van der Waals surface area (Å²) in [5.74, 6) is 0. The summed E-state index contributed by atoms with van der Waals surface area (Å²) in [6.45, 7) is 4.41. The second-order valence-corrected chi connectivity index (χ2v) is 7.30. The summed E-state index contributed by atoms with van der Waals surface area (Å²) in [5.41, 5.74) is 6.52. The number of rotatable bonds is 6. The van der Waals surface area contributed by atoms with E-state index in [-0.39, 0.29) is 12.7 Å². The molecule has 3 aromatic rings. The smallest absolute Gasteiger partial charge is 0.0895 e. The highest BCUT2D eigenvalue weighted by molar-refractivity contribution is 5.69.